The molecule has 2 amide bonds. The number of carbonyl (C=O) groups excluding carboxylic acids is 1. The lowest BCUT2D eigenvalue weighted by atomic mass is 10.2. The molecule has 14 heavy (non-hydrogen) atoms. The number of carbonyl (C=O) groups is 1. The van der Waals surface area contributed by atoms with E-state index in [1.807, 2.05) is 31.2 Å². The highest BCUT2D eigenvalue weighted by Gasteiger charge is 2.11. The number of urea groups is 1. The van der Waals surface area contributed by atoms with Crippen LogP contribution >= 0.6 is 0 Å². The van der Waals surface area contributed by atoms with Gasteiger partial charge >= 0.3 is 6.03 Å². The third kappa shape index (κ3) is 1.54. The summed E-state index contributed by atoms with van der Waals surface area (Å²) in [6, 6.07) is 7.62. The fourth-order valence-corrected chi connectivity index (χ4v) is 1.34. The number of hydrazine groups is 1. The summed E-state index contributed by atoms with van der Waals surface area (Å²) in [5.41, 5.74) is 4.75. The highest BCUT2D eigenvalue weighted by molar-refractivity contribution is 5.79. The summed E-state index contributed by atoms with van der Waals surface area (Å²) < 4.78 is 0. The summed E-state index contributed by atoms with van der Waals surface area (Å²) in [7, 11) is 0. The molecular formula is C10H11N3O. The number of rotatable bonds is 1. The summed E-state index contributed by atoms with van der Waals surface area (Å²) in [5, 5.41) is 4.22. The zero-order valence-electron chi connectivity index (χ0n) is 7.82. The first-order valence-electron chi connectivity index (χ1n) is 4.36. The average Bonchev–Trinajstić information content (AvgIpc) is 2.18. The van der Waals surface area contributed by atoms with Crippen molar-refractivity contribution in [3.63, 3.8) is 0 Å². The molecule has 0 fully saturated rings. The smallest absolute Gasteiger partial charge is 0.312 e. The molecule has 1 aliphatic rings. The summed E-state index contributed by atoms with van der Waals surface area (Å²) in [4.78, 5) is 11.0. The van der Waals surface area contributed by atoms with Crippen LogP contribution < -0.4 is 15.8 Å². The van der Waals surface area contributed by atoms with Gasteiger partial charge in [0, 0.05) is 12.4 Å². The Hall–Kier alpha value is -1.97. The van der Waals surface area contributed by atoms with Gasteiger partial charge in [0.1, 0.15) is 0 Å². The summed E-state index contributed by atoms with van der Waals surface area (Å²) in [6.07, 6.45) is 3.37. The number of aryl methyl sites for hydroxylation is 1. The van der Waals surface area contributed by atoms with Crippen molar-refractivity contribution in [1.29, 1.82) is 0 Å². The monoisotopic (exact) mass is 189 g/mol. The number of nitrogens with zero attached hydrogens (tertiary/aromatic N) is 1. The van der Waals surface area contributed by atoms with Gasteiger partial charge in [0.2, 0.25) is 0 Å². The second-order valence-electron chi connectivity index (χ2n) is 3.06. The van der Waals surface area contributed by atoms with Crippen molar-refractivity contribution in [1.82, 2.24) is 10.7 Å². The van der Waals surface area contributed by atoms with Crippen LogP contribution in [0.2, 0.25) is 0 Å². The molecule has 4 nitrogen and oxygen atoms in total. The quantitative estimate of drug-likeness (QED) is 0.703. The molecule has 0 saturated heterocycles. The van der Waals surface area contributed by atoms with E-state index in [-0.39, 0.29) is 6.03 Å². The highest BCUT2D eigenvalue weighted by Crippen LogP contribution is 2.18. The molecule has 0 spiro atoms. The molecule has 0 saturated carbocycles. The lowest BCUT2D eigenvalue weighted by Crippen LogP contribution is -2.47. The summed E-state index contributed by atoms with van der Waals surface area (Å²) >= 11 is 0. The standard InChI is InChI=1S/C10H11N3O/c1-8-4-2-3-5-9(8)13-7-6-11-10(14)12-13/h2-7H,1H3,(H2,11,12,14). The molecular weight excluding hydrogens is 178 g/mol. The normalized spacial score (nSPS) is 14.9. The van der Waals surface area contributed by atoms with E-state index in [1.54, 1.807) is 17.4 Å². The SMILES string of the molecule is Cc1ccccc1N1C=CNC(=O)N1. The molecule has 0 aromatic heterocycles. The predicted molar refractivity (Wildman–Crippen MR) is 54.5 cm³/mol. The Morgan fingerprint density at radius 2 is 2.07 bits per heavy atom. The van der Waals surface area contributed by atoms with Crippen molar-refractivity contribution in [2.75, 3.05) is 5.01 Å². The Morgan fingerprint density at radius 3 is 2.79 bits per heavy atom. The largest absolute Gasteiger partial charge is 0.337 e. The van der Waals surface area contributed by atoms with Gasteiger partial charge < -0.3 is 5.32 Å². The fraction of sp³-hybridized carbons (Fsp3) is 0.100. The van der Waals surface area contributed by atoms with E-state index < -0.39 is 0 Å². The number of anilines is 1. The molecule has 0 bridgehead atoms. The molecule has 1 aromatic carbocycles. The van der Waals surface area contributed by atoms with Crippen LogP contribution in [0.5, 0.6) is 0 Å². The van der Waals surface area contributed by atoms with Crippen LogP contribution in [0.15, 0.2) is 36.7 Å². The number of para-hydroxylation sites is 1. The summed E-state index contributed by atoms with van der Waals surface area (Å²) in [5.74, 6) is 0. The van der Waals surface area contributed by atoms with Gasteiger partial charge in [-0.2, -0.15) is 0 Å². The van der Waals surface area contributed by atoms with Gasteiger partial charge in [-0.1, -0.05) is 18.2 Å². The van der Waals surface area contributed by atoms with E-state index in [0.717, 1.165) is 11.3 Å². The molecule has 1 aliphatic heterocycles. The van der Waals surface area contributed by atoms with Gasteiger partial charge in [0.05, 0.1) is 5.69 Å². The zero-order valence-corrected chi connectivity index (χ0v) is 7.82. The number of amides is 2. The third-order valence-electron chi connectivity index (χ3n) is 2.04. The van der Waals surface area contributed by atoms with Crippen LogP contribution in [-0.4, -0.2) is 6.03 Å². The Kier molecular flexibility index (Phi) is 2.10. The zero-order chi connectivity index (χ0) is 9.97. The number of nitrogens with one attached hydrogen (secondary N) is 2. The molecule has 0 unspecified atom stereocenters. The molecule has 2 rings (SSSR count). The number of benzene rings is 1. The minimum absolute atomic E-state index is 0.226. The van der Waals surface area contributed by atoms with Crippen molar-refractivity contribution in [2.45, 2.75) is 6.92 Å². The van der Waals surface area contributed by atoms with Crippen LogP contribution in [0.3, 0.4) is 0 Å². The first kappa shape index (κ1) is 8.62. The maximum absolute atomic E-state index is 11.0. The second kappa shape index (κ2) is 3.41. The highest BCUT2D eigenvalue weighted by atomic mass is 16.2. The predicted octanol–water partition coefficient (Wildman–Crippen LogP) is 1.50. The fourth-order valence-electron chi connectivity index (χ4n) is 1.34. The molecule has 4 heteroatoms. The van der Waals surface area contributed by atoms with E-state index in [4.69, 9.17) is 0 Å². The maximum Gasteiger partial charge on any atom is 0.337 e. The van der Waals surface area contributed by atoms with Crippen molar-refractivity contribution in [3.8, 4) is 0 Å². The second-order valence-corrected chi connectivity index (χ2v) is 3.06. The van der Waals surface area contributed by atoms with Crippen molar-refractivity contribution in [2.24, 2.45) is 0 Å². The van der Waals surface area contributed by atoms with Crippen molar-refractivity contribution >= 4 is 11.7 Å². The Labute approximate surface area is 82.2 Å². The van der Waals surface area contributed by atoms with Crippen LogP contribution in [0.1, 0.15) is 5.56 Å². The van der Waals surface area contributed by atoms with Gasteiger partial charge in [-0.15, -0.1) is 0 Å². The third-order valence-corrected chi connectivity index (χ3v) is 2.04. The van der Waals surface area contributed by atoms with E-state index in [2.05, 4.69) is 10.7 Å². The molecule has 72 valence electrons. The van der Waals surface area contributed by atoms with E-state index in [0.29, 0.717) is 0 Å². The number of hydrogen-bond acceptors (Lipinski definition) is 2. The van der Waals surface area contributed by atoms with Gasteiger partial charge in [0.25, 0.3) is 0 Å². The first-order chi connectivity index (χ1) is 6.77. The maximum atomic E-state index is 11.0. The lowest BCUT2D eigenvalue weighted by Gasteiger charge is -2.25. The molecule has 0 aliphatic carbocycles. The molecule has 0 atom stereocenters. The Balaban J connectivity index is 2.31. The van der Waals surface area contributed by atoms with E-state index >= 15 is 0 Å². The van der Waals surface area contributed by atoms with Crippen LogP contribution in [0.4, 0.5) is 10.5 Å². The van der Waals surface area contributed by atoms with Crippen molar-refractivity contribution in [3.05, 3.63) is 42.2 Å². The molecule has 1 heterocycles. The lowest BCUT2D eigenvalue weighted by molar-refractivity contribution is 0.243. The van der Waals surface area contributed by atoms with Gasteiger partial charge in [0.15, 0.2) is 0 Å². The van der Waals surface area contributed by atoms with Gasteiger partial charge in [-0.3, -0.25) is 5.01 Å². The average molecular weight is 189 g/mol. The van der Waals surface area contributed by atoms with E-state index in [1.165, 1.54) is 0 Å². The van der Waals surface area contributed by atoms with Crippen LogP contribution in [0.25, 0.3) is 0 Å². The molecule has 2 N–H and O–H groups in total. The topological polar surface area (TPSA) is 44.4 Å². The number of hydrogen-bond donors (Lipinski definition) is 2. The van der Waals surface area contributed by atoms with Crippen LogP contribution in [-0.2, 0) is 0 Å². The van der Waals surface area contributed by atoms with Crippen molar-refractivity contribution < 1.29 is 4.79 Å². The van der Waals surface area contributed by atoms with Gasteiger partial charge in [-0.25, -0.2) is 10.2 Å². The minimum Gasteiger partial charge on any atom is -0.312 e. The first-order valence-corrected chi connectivity index (χ1v) is 4.36. The molecule has 0 radical (unpaired) electrons. The van der Waals surface area contributed by atoms with Gasteiger partial charge in [-0.05, 0) is 18.6 Å². The Morgan fingerprint density at radius 1 is 1.29 bits per heavy atom. The summed E-state index contributed by atoms with van der Waals surface area (Å²) in [6.45, 7) is 2.00. The minimum atomic E-state index is -0.226. The van der Waals surface area contributed by atoms with Crippen LogP contribution in [0, 0.1) is 6.92 Å². The molecule has 1 aromatic rings. The Bertz CT molecular complexity index is 387. The van der Waals surface area contributed by atoms with E-state index in [9.17, 15) is 4.79 Å².